The Kier molecular flexibility index (Phi) is 7.79. The molecule has 1 saturated heterocycles. The molecule has 0 unspecified atom stereocenters. The quantitative estimate of drug-likeness (QED) is 0.229. The molecule has 0 aromatic heterocycles. The van der Waals surface area contributed by atoms with E-state index in [1.807, 2.05) is 6.92 Å². The average molecular weight is 285 g/mol. The number of nitrogens with two attached hydrogens (primary N) is 1. The first-order chi connectivity index (χ1) is 9.71. The van der Waals surface area contributed by atoms with E-state index in [0.29, 0.717) is 25.7 Å². The fourth-order valence-corrected chi connectivity index (χ4v) is 2.10. The number of amides is 1. The summed E-state index contributed by atoms with van der Waals surface area (Å²) in [7, 11) is 0. The lowest BCUT2D eigenvalue weighted by Gasteiger charge is -2.32. The Morgan fingerprint density at radius 3 is 2.65 bits per heavy atom. The van der Waals surface area contributed by atoms with Gasteiger partial charge in [-0.25, -0.2) is 10.6 Å². The minimum atomic E-state index is -0.222. The molecule has 1 aliphatic heterocycles. The number of rotatable bonds is 5. The molecule has 1 heterocycles. The Bertz CT molecular complexity index is 314. The summed E-state index contributed by atoms with van der Waals surface area (Å²) in [6.07, 6.45) is 3.67. The van der Waals surface area contributed by atoms with E-state index in [4.69, 9.17) is 10.6 Å². The maximum atomic E-state index is 11.6. The van der Waals surface area contributed by atoms with E-state index in [1.165, 1.54) is 0 Å². The largest absolute Gasteiger partial charge is 0.450 e. The highest BCUT2D eigenvalue weighted by Gasteiger charge is 2.23. The van der Waals surface area contributed by atoms with Crippen LogP contribution in [-0.2, 0) is 4.74 Å². The summed E-state index contributed by atoms with van der Waals surface area (Å²) in [5, 5.41) is 3.29. The van der Waals surface area contributed by atoms with Crippen molar-refractivity contribution in [3.8, 4) is 0 Å². The van der Waals surface area contributed by atoms with Crippen LogP contribution in [0.25, 0.3) is 0 Å². The molecular weight excluding hydrogens is 258 g/mol. The number of hydrazine groups is 1. The third-order valence-corrected chi connectivity index (χ3v) is 3.28. The molecule has 0 spiro atoms. The van der Waals surface area contributed by atoms with E-state index in [1.54, 1.807) is 4.90 Å². The maximum absolute atomic E-state index is 11.6. The van der Waals surface area contributed by atoms with E-state index in [0.717, 1.165) is 32.2 Å². The summed E-state index contributed by atoms with van der Waals surface area (Å²) in [6, 6.07) is 0.289. The van der Waals surface area contributed by atoms with Crippen LogP contribution in [0.15, 0.2) is 4.99 Å². The Morgan fingerprint density at radius 1 is 1.40 bits per heavy atom. The van der Waals surface area contributed by atoms with Gasteiger partial charge in [0.1, 0.15) is 0 Å². The predicted octanol–water partition coefficient (Wildman–Crippen LogP) is 0.816. The van der Waals surface area contributed by atoms with Crippen LogP contribution in [0.1, 0.15) is 39.5 Å². The molecular formula is C13H27N5O2. The van der Waals surface area contributed by atoms with Gasteiger partial charge in [0.25, 0.3) is 0 Å². The normalized spacial score (nSPS) is 16.9. The zero-order valence-electron chi connectivity index (χ0n) is 12.5. The average Bonchev–Trinajstić information content (AvgIpc) is 2.47. The molecule has 1 fully saturated rings. The van der Waals surface area contributed by atoms with Gasteiger partial charge in [-0.2, -0.15) is 0 Å². The lowest BCUT2D eigenvalue weighted by molar-refractivity contribution is 0.0963. The third kappa shape index (κ3) is 5.64. The van der Waals surface area contributed by atoms with E-state index in [-0.39, 0.29) is 12.1 Å². The van der Waals surface area contributed by atoms with Crippen molar-refractivity contribution in [1.29, 1.82) is 0 Å². The van der Waals surface area contributed by atoms with Gasteiger partial charge in [0.2, 0.25) is 5.96 Å². The van der Waals surface area contributed by atoms with Crippen LogP contribution in [0.2, 0.25) is 0 Å². The van der Waals surface area contributed by atoms with Crippen LogP contribution in [0.5, 0.6) is 0 Å². The Morgan fingerprint density at radius 2 is 2.10 bits per heavy atom. The number of nitrogens with one attached hydrogen (secondary N) is 2. The minimum absolute atomic E-state index is 0.222. The first kappa shape index (κ1) is 16.6. The molecule has 0 aromatic rings. The van der Waals surface area contributed by atoms with E-state index < -0.39 is 0 Å². The Hall–Kier alpha value is -1.50. The summed E-state index contributed by atoms with van der Waals surface area (Å²) in [5.41, 5.74) is 2.60. The van der Waals surface area contributed by atoms with Crippen LogP contribution in [0.4, 0.5) is 4.79 Å². The smallest absolute Gasteiger partial charge is 0.409 e. The van der Waals surface area contributed by atoms with Crippen LogP contribution in [-0.4, -0.2) is 49.2 Å². The number of carbonyl (C=O) groups is 1. The maximum Gasteiger partial charge on any atom is 0.409 e. The molecule has 7 heteroatoms. The van der Waals surface area contributed by atoms with Gasteiger partial charge in [0.15, 0.2) is 0 Å². The fraction of sp³-hybridized carbons (Fsp3) is 0.846. The second-order valence-electron chi connectivity index (χ2n) is 4.83. The number of aliphatic imine (C=N–C) groups is 1. The molecule has 116 valence electrons. The van der Waals surface area contributed by atoms with E-state index in [9.17, 15) is 4.79 Å². The highest BCUT2D eigenvalue weighted by Crippen LogP contribution is 2.11. The summed E-state index contributed by atoms with van der Waals surface area (Å²) in [5.74, 6) is 6.09. The van der Waals surface area contributed by atoms with Crippen molar-refractivity contribution in [1.82, 2.24) is 15.6 Å². The monoisotopic (exact) mass is 285 g/mol. The molecule has 4 N–H and O–H groups in total. The summed E-state index contributed by atoms with van der Waals surface area (Å²) >= 11 is 0. The first-order valence-corrected chi connectivity index (χ1v) is 7.40. The molecule has 0 radical (unpaired) electrons. The van der Waals surface area contributed by atoms with Crippen molar-refractivity contribution in [2.24, 2.45) is 10.8 Å². The number of nitrogens with zero attached hydrogens (tertiary/aromatic N) is 2. The second-order valence-corrected chi connectivity index (χ2v) is 4.83. The van der Waals surface area contributed by atoms with Gasteiger partial charge in [-0.1, -0.05) is 13.3 Å². The third-order valence-electron chi connectivity index (χ3n) is 3.28. The van der Waals surface area contributed by atoms with Gasteiger partial charge < -0.3 is 15.0 Å². The van der Waals surface area contributed by atoms with Gasteiger partial charge >= 0.3 is 6.09 Å². The number of guanidine groups is 1. The van der Waals surface area contributed by atoms with Crippen molar-refractivity contribution in [2.45, 2.75) is 45.6 Å². The Labute approximate surface area is 120 Å². The highest BCUT2D eigenvalue weighted by molar-refractivity contribution is 5.79. The molecule has 20 heavy (non-hydrogen) atoms. The second kappa shape index (κ2) is 9.41. The zero-order chi connectivity index (χ0) is 14.8. The van der Waals surface area contributed by atoms with Crippen molar-refractivity contribution in [2.75, 3.05) is 26.2 Å². The van der Waals surface area contributed by atoms with Gasteiger partial charge in [0.05, 0.1) is 6.61 Å². The summed E-state index contributed by atoms with van der Waals surface area (Å²) in [4.78, 5) is 17.7. The van der Waals surface area contributed by atoms with Gasteiger partial charge in [-0.15, -0.1) is 0 Å². The number of ether oxygens (including phenoxy) is 1. The lowest BCUT2D eigenvalue weighted by atomic mass is 10.1. The molecule has 0 atom stereocenters. The number of carbonyl (C=O) groups excluding carboxylic acids is 1. The fourth-order valence-electron chi connectivity index (χ4n) is 2.10. The number of unbranched alkanes of at least 4 members (excludes halogenated alkanes) is 1. The van der Waals surface area contributed by atoms with Gasteiger partial charge in [-0.05, 0) is 26.2 Å². The predicted molar refractivity (Wildman–Crippen MR) is 79.3 cm³/mol. The topological polar surface area (TPSA) is 92.0 Å². The first-order valence-electron chi connectivity index (χ1n) is 7.40. The highest BCUT2D eigenvalue weighted by atomic mass is 16.6. The minimum Gasteiger partial charge on any atom is -0.450 e. The molecule has 0 saturated carbocycles. The Balaban J connectivity index is 2.33. The molecule has 0 aliphatic carbocycles. The number of hydrogen-bond donors (Lipinski definition) is 3. The summed E-state index contributed by atoms with van der Waals surface area (Å²) < 4.78 is 4.99. The SMILES string of the molecule is CCCCN=C(NN)NC1CCN(C(=O)OCC)CC1. The zero-order valence-corrected chi connectivity index (χ0v) is 12.5. The van der Waals surface area contributed by atoms with Crippen LogP contribution in [0, 0.1) is 0 Å². The number of piperidine rings is 1. The molecule has 0 aromatic carbocycles. The number of hydrogen-bond acceptors (Lipinski definition) is 4. The van der Waals surface area contributed by atoms with Crippen LogP contribution in [0.3, 0.4) is 0 Å². The van der Waals surface area contributed by atoms with Gasteiger partial charge in [0, 0.05) is 25.7 Å². The molecule has 1 rings (SSSR count). The van der Waals surface area contributed by atoms with Crippen molar-refractivity contribution < 1.29 is 9.53 Å². The molecule has 1 aliphatic rings. The van der Waals surface area contributed by atoms with Crippen LogP contribution >= 0.6 is 0 Å². The molecule has 1 amide bonds. The van der Waals surface area contributed by atoms with E-state index >= 15 is 0 Å². The van der Waals surface area contributed by atoms with Crippen molar-refractivity contribution in [3.05, 3.63) is 0 Å². The van der Waals surface area contributed by atoms with E-state index in [2.05, 4.69) is 22.7 Å². The lowest BCUT2D eigenvalue weighted by Crippen LogP contribution is -2.51. The summed E-state index contributed by atoms with van der Waals surface area (Å²) in [6.45, 7) is 6.53. The van der Waals surface area contributed by atoms with Crippen molar-refractivity contribution in [3.63, 3.8) is 0 Å². The number of likely N-dealkylation sites (tertiary alicyclic amines) is 1. The van der Waals surface area contributed by atoms with Crippen LogP contribution < -0.4 is 16.6 Å². The van der Waals surface area contributed by atoms with Crippen molar-refractivity contribution >= 4 is 12.1 Å². The molecule has 7 nitrogen and oxygen atoms in total. The standard InChI is InChI=1S/C13H27N5O2/c1-3-5-8-15-12(17-14)16-11-6-9-18(10-7-11)13(19)20-4-2/h11H,3-10,14H2,1-2H3,(H2,15,16,17). The molecule has 0 bridgehead atoms. The van der Waals surface area contributed by atoms with Gasteiger partial charge in [-0.3, -0.25) is 10.4 Å².